The van der Waals surface area contributed by atoms with Crippen molar-refractivity contribution in [2.24, 2.45) is 5.10 Å². The molecule has 28 heavy (non-hydrogen) atoms. The highest BCUT2D eigenvalue weighted by Crippen LogP contribution is 2.24. The molecule has 0 unspecified atom stereocenters. The number of nitrogens with zero attached hydrogens (tertiary/aromatic N) is 3. The van der Waals surface area contributed by atoms with E-state index >= 15 is 0 Å². The van der Waals surface area contributed by atoms with Crippen molar-refractivity contribution in [3.05, 3.63) is 79.4 Å². The molecule has 0 fully saturated rings. The quantitative estimate of drug-likeness (QED) is 0.330. The molecule has 2 aromatic rings. The van der Waals surface area contributed by atoms with E-state index in [0.717, 1.165) is 18.2 Å². The molecule has 0 bridgehead atoms. The summed E-state index contributed by atoms with van der Waals surface area (Å²) in [6.07, 6.45) is 0.941. The Bertz CT molecular complexity index is 954. The first-order valence-electron chi connectivity index (χ1n) is 7.74. The molecule has 0 aromatic heterocycles. The fourth-order valence-corrected chi connectivity index (χ4v) is 2.20. The van der Waals surface area contributed by atoms with Crippen LogP contribution in [-0.2, 0) is 16.0 Å². The summed E-state index contributed by atoms with van der Waals surface area (Å²) in [4.78, 5) is 43.5. The van der Waals surface area contributed by atoms with E-state index in [1.54, 1.807) is 12.1 Å². The van der Waals surface area contributed by atoms with Gasteiger partial charge in [-0.25, -0.2) is 10.2 Å². The summed E-state index contributed by atoms with van der Waals surface area (Å²) in [5.41, 5.74) is 2.22. The molecule has 0 heterocycles. The van der Waals surface area contributed by atoms with Crippen molar-refractivity contribution in [3.63, 3.8) is 0 Å². The SMILES string of the molecule is COC(=O)c1ccc(C=NNC(=O)Cc2ccc([N+](=O)[O-])cc2[N+](=O)[O-])cc1. The average molecular weight is 386 g/mol. The zero-order valence-corrected chi connectivity index (χ0v) is 14.5. The first-order chi connectivity index (χ1) is 13.3. The van der Waals surface area contributed by atoms with Gasteiger partial charge in [0.25, 0.3) is 11.4 Å². The first kappa shape index (κ1) is 20.2. The Labute approximate surface area is 157 Å². The van der Waals surface area contributed by atoms with Gasteiger partial charge in [-0.15, -0.1) is 0 Å². The minimum Gasteiger partial charge on any atom is -0.465 e. The summed E-state index contributed by atoms with van der Waals surface area (Å²) < 4.78 is 4.58. The number of benzene rings is 2. The molecular formula is C17H14N4O7. The highest BCUT2D eigenvalue weighted by molar-refractivity contribution is 5.91. The largest absolute Gasteiger partial charge is 0.465 e. The molecule has 11 heteroatoms. The van der Waals surface area contributed by atoms with Crippen LogP contribution >= 0.6 is 0 Å². The molecule has 0 atom stereocenters. The summed E-state index contributed by atoms with van der Waals surface area (Å²) in [6, 6.07) is 9.26. The van der Waals surface area contributed by atoms with Crippen molar-refractivity contribution in [2.45, 2.75) is 6.42 Å². The van der Waals surface area contributed by atoms with Crippen LogP contribution in [0, 0.1) is 20.2 Å². The molecule has 0 saturated heterocycles. The normalized spacial score (nSPS) is 10.5. The predicted molar refractivity (Wildman–Crippen MR) is 97.0 cm³/mol. The first-order valence-corrected chi connectivity index (χ1v) is 7.74. The van der Waals surface area contributed by atoms with E-state index in [1.807, 2.05) is 0 Å². The van der Waals surface area contributed by atoms with Gasteiger partial charge >= 0.3 is 5.97 Å². The van der Waals surface area contributed by atoms with E-state index < -0.39 is 33.1 Å². The van der Waals surface area contributed by atoms with Crippen molar-refractivity contribution in [1.82, 2.24) is 5.43 Å². The van der Waals surface area contributed by atoms with E-state index in [-0.39, 0.29) is 12.0 Å². The number of hydrogen-bond acceptors (Lipinski definition) is 8. The van der Waals surface area contributed by atoms with Crippen LogP contribution in [0.4, 0.5) is 11.4 Å². The van der Waals surface area contributed by atoms with Crippen LogP contribution in [0.3, 0.4) is 0 Å². The zero-order chi connectivity index (χ0) is 20.7. The molecule has 11 nitrogen and oxygen atoms in total. The van der Waals surface area contributed by atoms with Gasteiger partial charge in [0.2, 0.25) is 5.91 Å². The number of rotatable bonds is 7. The maximum Gasteiger partial charge on any atom is 0.337 e. The van der Waals surface area contributed by atoms with Gasteiger partial charge in [0.1, 0.15) is 0 Å². The number of methoxy groups -OCH3 is 1. The Hall–Kier alpha value is -4.15. The molecule has 0 spiro atoms. The second-order valence-corrected chi connectivity index (χ2v) is 5.41. The summed E-state index contributed by atoms with van der Waals surface area (Å²) in [5, 5.41) is 25.5. The van der Waals surface area contributed by atoms with Gasteiger partial charge in [0.05, 0.1) is 41.2 Å². The molecule has 0 saturated carbocycles. The lowest BCUT2D eigenvalue weighted by molar-refractivity contribution is -0.394. The Morgan fingerprint density at radius 1 is 1.11 bits per heavy atom. The number of carbonyl (C=O) groups excluding carboxylic acids is 2. The monoisotopic (exact) mass is 386 g/mol. The summed E-state index contributed by atoms with van der Waals surface area (Å²) >= 11 is 0. The summed E-state index contributed by atoms with van der Waals surface area (Å²) in [7, 11) is 1.27. The Morgan fingerprint density at radius 2 is 1.79 bits per heavy atom. The minimum absolute atomic E-state index is 0.0192. The number of nitrogens with one attached hydrogen (secondary N) is 1. The Morgan fingerprint density at radius 3 is 2.36 bits per heavy atom. The van der Waals surface area contributed by atoms with Crippen LogP contribution < -0.4 is 5.43 Å². The molecule has 0 aliphatic carbocycles. The van der Waals surface area contributed by atoms with Gasteiger partial charge in [-0.1, -0.05) is 12.1 Å². The third-order valence-electron chi connectivity index (χ3n) is 3.56. The van der Waals surface area contributed by atoms with E-state index in [9.17, 15) is 29.8 Å². The number of ether oxygens (including phenoxy) is 1. The second-order valence-electron chi connectivity index (χ2n) is 5.41. The Balaban J connectivity index is 2.02. The number of nitro benzene ring substituents is 2. The standard InChI is InChI=1S/C17H14N4O7/c1-28-17(23)12-4-2-11(3-5-12)10-18-19-16(22)8-13-6-7-14(20(24)25)9-15(13)21(26)27/h2-7,9-10H,8H2,1H3,(H,19,22). The van der Waals surface area contributed by atoms with Gasteiger partial charge < -0.3 is 4.74 Å². The van der Waals surface area contributed by atoms with Crippen molar-refractivity contribution < 1.29 is 24.2 Å². The lowest BCUT2D eigenvalue weighted by Gasteiger charge is -2.03. The van der Waals surface area contributed by atoms with Crippen molar-refractivity contribution in [1.29, 1.82) is 0 Å². The molecular weight excluding hydrogens is 372 g/mol. The van der Waals surface area contributed by atoms with Gasteiger partial charge in [-0.05, 0) is 23.8 Å². The summed E-state index contributed by atoms with van der Waals surface area (Å²) in [5.74, 6) is -1.12. The molecule has 0 radical (unpaired) electrons. The van der Waals surface area contributed by atoms with Gasteiger partial charge in [-0.3, -0.25) is 25.0 Å². The fraction of sp³-hybridized carbons (Fsp3) is 0.118. The molecule has 144 valence electrons. The third-order valence-corrected chi connectivity index (χ3v) is 3.56. The minimum atomic E-state index is -0.790. The van der Waals surface area contributed by atoms with Crippen LogP contribution in [0.25, 0.3) is 0 Å². The van der Waals surface area contributed by atoms with Crippen LogP contribution in [-0.4, -0.2) is 35.0 Å². The smallest absolute Gasteiger partial charge is 0.337 e. The van der Waals surface area contributed by atoms with E-state index in [4.69, 9.17) is 0 Å². The lowest BCUT2D eigenvalue weighted by atomic mass is 10.1. The van der Waals surface area contributed by atoms with Crippen LogP contribution in [0.2, 0.25) is 0 Å². The molecule has 0 aliphatic heterocycles. The van der Waals surface area contributed by atoms with Crippen LogP contribution in [0.1, 0.15) is 21.5 Å². The lowest BCUT2D eigenvalue weighted by Crippen LogP contribution is -2.20. The predicted octanol–water partition coefficient (Wildman–Crippen LogP) is 1.98. The fourth-order valence-electron chi connectivity index (χ4n) is 2.20. The Kier molecular flexibility index (Phi) is 6.47. The van der Waals surface area contributed by atoms with Gasteiger partial charge in [0.15, 0.2) is 0 Å². The maximum absolute atomic E-state index is 11.9. The number of esters is 1. The number of hydrogen-bond donors (Lipinski definition) is 1. The average Bonchev–Trinajstić information content (AvgIpc) is 2.67. The van der Waals surface area contributed by atoms with Crippen molar-refractivity contribution >= 4 is 29.5 Å². The topological polar surface area (TPSA) is 154 Å². The number of carbonyl (C=O) groups is 2. The number of non-ortho nitro benzene ring substituents is 1. The highest BCUT2D eigenvalue weighted by atomic mass is 16.6. The van der Waals surface area contributed by atoms with Gasteiger partial charge in [-0.2, -0.15) is 5.10 Å². The molecule has 0 aliphatic rings. The molecule has 2 rings (SSSR count). The van der Waals surface area contributed by atoms with Gasteiger partial charge in [0, 0.05) is 11.6 Å². The van der Waals surface area contributed by atoms with Crippen molar-refractivity contribution in [3.8, 4) is 0 Å². The zero-order valence-electron chi connectivity index (χ0n) is 14.5. The van der Waals surface area contributed by atoms with E-state index in [2.05, 4.69) is 15.3 Å². The van der Waals surface area contributed by atoms with Crippen LogP contribution in [0.5, 0.6) is 0 Å². The number of hydrazone groups is 1. The summed E-state index contributed by atoms with van der Waals surface area (Å²) in [6.45, 7) is 0. The second kappa shape index (κ2) is 8.98. The van der Waals surface area contributed by atoms with E-state index in [1.165, 1.54) is 25.5 Å². The highest BCUT2D eigenvalue weighted by Gasteiger charge is 2.20. The van der Waals surface area contributed by atoms with Crippen LogP contribution in [0.15, 0.2) is 47.6 Å². The number of amides is 1. The third kappa shape index (κ3) is 5.17. The molecule has 1 N–H and O–H groups in total. The van der Waals surface area contributed by atoms with Crippen molar-refractivity contribution in [2.75, 3.05) is 7.11 Å². The maximum atomic E-state index is 11.9. The molecule has 2 aromatic carbocycles. The molecule has 1 amide bonds. The number of nitro groups is 2. The van der Waals surface area contributed by atoms with E-state index in [0.29, 0.717) is 11.1 Å².